The molecule has 1 aliphatic rings. The first kappa shape index (κ1) is 15.8. The fourth-order valence-corrected chi connectivity index (χ4v) is 3.34. The van der Waals surface area contributed by atoms with Crippen molar-refractivity contribution >= 4 is 5.91 Å². The second kappa shape index (κ2) is 6.97. The Kier molecular flexibility index (Phi) is 4.77. The van der Waals surface area contributed by atoms with E-state index >= 15 is 0 Å². The first-order valence-electron chi connectivity index (χ1n) is 8.32. The molecule has 1 heterocycles. The zero-order valence-electron chi connectivity index (χ0n) is 13.6. The largest absolute Gasteiger partial charge is 0.336 e. The average molecular weight is 308 g/mol. The highest BCUT2D eigenvalue weighted by Gasteiger charge is 2.34. The molecule has 2 unspecified atom stereocenters. The normalized spacial score (nSPS) is 19.1. The van der Waals surface area contributed by atoms with Gasteiger partial charge in [-0.2, -0.15) is 0 Å². The van der Waals surface area contributed by atoms with Crippen LogP contribution in [0.15, 0.2) is 54.6 Å². The maximum atomic E-state index is 12.8. The Labute approximate surface area is 138 Å². The Morgan fingerprint density at radius 2 is 1.74 bits per heavy atom. The Hall–Kier alpha value is -2.13. The highest BCUT2D eigenvalue weighted by molar-refractivity contribution is 5.81. The van der Waals surface area contributed by atoms with Crippen LogP contribution in [-0.4, -0.2) is 17.4 Å². The first-order chi connectivity index (χ1) is 11.2. The molecule has 2 N–H and O–H groups in total. The number of hydrogen-bond acceptors (Lipinski definition) is 2. The molecule has 1 fully saturated rings. The molecule has 23 heavy (non-hydrogen) atoms. The third-order valence-electron chi connectivity index (χ3n) is 4.84. The molecular formula is C20H24N2O. The summed E-state index contributed by atoms with van der Waals surface area (Å²) < 4.78 is 0. The van der Waals surface area contributed by atoms with Crippen molar-refractivity contribution in [3.05, 3.63) is 71.3 Å². The number of rotatable bonds is 5. The Balaban J connectivity index is 1.66. The fourth-order valence-electron chi connectivity index (χ4n) is 3.34. The van der Waals surface area contributed by atoms with E-state index in [1.165, 1.54) is 11.1 Å². The lowest BCUT2D eigenvalue weighted by molar-refractivity contribution is -0.132. The van der Waals surface area contributed by atoms with E-state index in [0.717, 1.165) is 24.9 Å². The predicted octanol–water partition coefficient (Wildman–Crippen LogP) is 3.30. The summed E-state index contributed by atoms with van der Waals surface area (Å²) in [6.07, 6.45) is 1.76. The molecule has 3 nitrogen and oxygen atoms in total. The van der Waals surface area contributed by atoms with Crippen molar-refractivity contribution in [2.24, 2.45) is 11.7 Å². The molecule has 0 bridgehead atoms. The van der Waals surface area contributed by atoms with Gasteiger partial charge >= 0.3 is 0 Å². The third kappa shape index (κ3) is 3.45. The lowest BCUT2D eigenvalue weighted by Gasteiger charge is -2.25. The number of hydrogen-bond donors (Lipinski definition) is 1. The fraction of sp³-hybridized carbons (Fsp3) is 0.350. The van der Waals surface area contributed by atoms with Gasteiger partial charge in [-0.1, -0.05) is 54.6 Å². The van der Waals surface area contributed by atoms with Gasteiger partial charge in [0, 0.05) is 19.0 Å². The number of nitrogens with zero attached hydrogens (tertiary/aromatic N) is 1. The van der Waals surface area contributed by atoms with Crippen LogP contribution in [0.2, 0.25) is 0 Å². The van der Waals surface area contributed by atoms with Gasteiger partial charge in [-0.25, -0.2) is 0 Å². The molecule has 120 valence electrons. The molecule has 0 radical (unpaired) electrons. The zero-order valence-corrected chi connectivity index (χ0v) is 13.6. The highest BCUT2D eigenvalue weighted by atomic mass is 16.2. The summed E-state index contributed by atoms with van der Waals surface area (Å²) in [5.41, 5.74) is 9.18. The maximum Gasteiger partial charge on any atom is 0.226 e. The smallest absolute Gasteiger partial charge is 0.226 e. The van der Waals surface area contributed by atoms with Crippen molar-refractivity contribution < 1.29 is 4.79 Å². The summed E-state index contributed by atoms with van der Waals surface area (Å²) in [7, 11) is 0. The van der Waals surface area contributed by atoms with Crippen molar-refractivity contribution in [1.29, 1.82) is 0 Å². The van der Waals surface area contributed by atoms with Crippen LogP contribution in [0.5, 0.6) is 0 Å². The molecule has 3 heteroatoms. The molecule has 0 saturated carbocycles. The topological polar surface area (TPSA) is 46.3 Å². The van der Waals surface area contributed by atoms with Gasteiger partial charge in [0.05, 0.1) is 6.04 Å². The highest BCUT2D eigenvalue weighted by Crippen LogP contribution is 2.30. The molecule has 0 spiro atoms. The molecule has 1 amide bonds. The summed E-state index contributed by atoms with van der Waals surface area (Å²) >= 11 is 0. The molecule has 2 aromatic carbocycles. The van der Waals surface area contributed by atoms with Crippen LogP contribution >= 0.6 is 0 Å². The van der Waals surface area contributed by atoms with Crippen molar-refractivity contribution in [1.82, 2.24) is 4.90 Å². The summed E-state index contributed by atoms with van der Waals surface area (Å²) in [5, 5.41) is 0. The molecular weight excluding hydrogens is 284 g/mol. The number of carbonyl (C=O) groups is 1. The van der Waals surface area contributed by atoms with Crippen LogP contribution in [0.1, 0.15) is 36.1 Å². The van der Waals surface area contributed by atoms with Crippen molar-refractivity contribution in [2.45, 2.75) is 32.4 Å². The molecule has 1 aliphatic heterocycles. The van der Waals surface area contributed by atoms with E-state index in [-0.39, 0.29) is 17.9 Å². The van der Waals surface area contributed by atoms with Crippen LogP contribution < -0.4 is 5.73 Å². The minimum absolute atomic E-state index is 0.102. The van der Waals surface area contributed by atoms with Gasteiger partial charge in [0.15, 0.2) is 0 Å². The number of carbonyl (C=O) groups excluding carboxylic acids is 1. The second-order valence-electron chi connectivity index (χ2n) is 6.33. The Bertz CT molecular complexity index is 651. The molecule has 1 saturated heterocycles. The lowest BCUT2D eigenvalue weighted by atomic mass is 9.97. The summed E-state index contributed by atoms with van der Waals surface area (Å²) in [6, 6.07) is 18.7. The van der Waals surface area contributed by atoms with Crippen molar-refractivity contribution in [3.63, 3.8) is 0 Å². The van der Waals surface area contributed by atoms with Crippen LogP contribution in [0.4, 0.5) is 0 Å². The van der Waals surface area contributed by atoms with Gasteiger partial charge in [0.2, 0.25) is 5.91 Å². The molecule has 2 aromatic rings. The van der Waals surface area contributed by atoms with Gasteiger partial charge in [0.25, 0.3) is 0 Å². The van der Waals surface area contributed by atoms with E-state index < -0.39 is 0 Å². The SMILES string of the molecule is CC(c1ccccc1)N1CCC(Cc2ccc(CN)cc2)C1=O. The van der Waals surface area contributed by atoms with Gasteiger partial charge < -0.3 is 10.6 Å². The van der Waals surface area contributed by atoms with Crippen LogP contribution in [0.25, 0.3) is 0 Å². The van der Waals surface area contributed by atoms with Gasteiger partial charge in [-0.3, -0.25) is 4.79 Å². The maximum absolute atomic E-state index is 12.8. The zero-order chi connectivity index (χ0) is 16.2. The standard InChI is InChI=1S/C20H24N2O/c1-15(18-5-3-2-4-6-18)22-12-11-19(20(22)23)13-16-7-9-17(14-21)10-8-16/h2-10,15,19H,11-14,21H2,1H3. The van der Waals surface area contributed by atoms with Crippen molar-refractivity contribution in [3.8, 4) is 0 Å². The minimum Gasteiger partial charge on any atom is -0.336 e. The molecule has 0 aliphatic carbocycles. The second-order valence-corrected chi connectivity index (χ2v) is 6.33. The molecule has 3 rings (SSSR count). The Morgan fingerprint density at radius 1 is 1.09 bits per heavy atom. The Morgan fingerprint density at radius 3 is 2.39 bits per heavy atom. The third-order valence-corrected chi connectivity index (χ3v) is 4.84. The molecule has 2 atom stereocenters. The quantitative estimate of drug-likeness (QED) is 0.921. The molecule has 0 aromatic heterocycles. The van der Waals surface area contributed by atoms with E-state index in [9.17, 15) is 4.79 Å². The number of likely N-dealkylation sites (tertiary alicyclic amines) is 1. The first-order valence-corrected chi connectivity index (χ1v) is 8.32. The minimum atomic E-state index is 0.102. The number of amides is 1. The van der Waals surface area contributed by atoms with Gasteiger partial charge in [-0.05, 0) is 36.5 Å². The van der Waals surface area contributed by atoms with Crippen molar-refractivity contribution in [2.75, 3.05) is 6.54 Å². The number of benzene rings is 2. The van der Waals surface area contributed by atoms with E-state index in [1.807, 2.05) is 23.1 Å². The summed E-state index contributed by atoms with van der Waals surface area (Å²) in [5.74, 6) is 0.383. The van der Waals surface area contributed by atoms with E-state index in [1.54, 1.807) is 0 Å². The monoisotopic (exact) mass is 308 g/mol. The van der Waals surface area contributed by atoms with E-state index in [4.69, 9.17) is 5.73 Å². The van der Waals surface area contributed by atoms with Gasteiger partial charge in [0.1, 0.15) is 0 Å². The summed E-state index contributed by atoms with van der Waals surface area (Å²) in [4.78, 5) is 14.8. The predicted molar refractivity (Wildman–Crippen MR) is 92.7 cm³/mol. The average Bonchev–Trinajstić information content (AvgIpc) is 2.96. The lowest BCUT2D eigenvalue weighted by Crippen LogP contribution is -2.30. The van der Waals surface area contributed by atoms with Crippen LogP contribution in [0.3, 0.4) is 0 Å². The van der Waals surface area contributed by atoms with E-state index in [2.05, 4.69) is 43.3 Å². The van der Waals surface area contributed by atoms with Crippen LogP contribution in [0, 0.1) is 5.92 Å². The summed E-state index contributed by atoms with van der Waals surface area (Å²) in [6.45, 7) is 3.52. The van der Waals surface area contributed by atoms with Gasteiger partial charge in [-0.15, -0.1) is 0 Å². The van der Waals surface area contributed by atoms with Crippen LogP contribution in [-0.2, 0) is 17.8 Å². The number of nitrogens with two attached hydrogens (primary N) is 1. The van der Waals surface area contributed by atoms with E-state index in [0.29, 0.717) is 6.54 Å².